The van der Waals surface area contributed by atoms with Crippen LogP contribution in [0.5, 0.6) is 0 Å². The summed E-state index contributed by atoms with van der Waals surface area (Å²) >= 11 is 5.56. The van der Waals surface area contributed by atoms with Crippen molar-refractivity contribution in [3.05, 3.63) is 37.4 Å². The molecule has 0 aromatic heterocycles. The Morgan fingerprint density at radius 2 is 1.71 bits per heavy atom. The van der Waals surface area contributed by atoms with Gasteiger partial charge in [0.1, 0.15) is 0 Å². The Balaban J connectivity index is 3.36. The van der Waals surface area contributed by atoms with Crippen molar-refractivity contribution in [2.75, 3.05) is 18.5 Å². The van der Waals surface area contributed by atoms with E-state index in [4.69, 9.17) is 16.7 Å². The molecule has 92 valence electrons. The first-order valence-corrected chi connectivity index (χ1v) is 4.82. The third-order valence-electron chi connectivity index (χ3n) is 1.87. The molecule has 0 radical (unpaired) electrons. The van der Waals surface area contributed by atoms with Crippen LogP contribution in [-0.4, -0.2) is 28.1 Å². The third kappa shape index (κ3) is 3.02. The van der Waals surface area contributed by atoms with Gasteiger partial charge in [-0.3, -0.25) is 20.2 Å². The molecule has 0 atom stereocenters. The molecule has 0 aliphatic heterocycles. The van der Waals surface area contributed by atoms with Gasteiger partial charge in [0.2, 0.25) is 0 Å². The van der Waals surface area contributed by atoms with E-state index in [0.29, 0.717) is 0 Å². The van der Waals surface area contributed by atoms with Gasteiger partial charge in [0.25, 0.3) is 0 Å². The monoisotopic (exact) mass is 261 g/mol. The summed E-state index contributed by atoms with van der Waals surface area (Å²) < 4.78 is 0. The molecule has 0 fully saturated rings. The zero-order chi connectivity index (χ0) is 13.0. The Morgan fingerprint density at radius 1 is 1.24 bits per heavy atom. The number of aliphatic hydroxyl groups excluding tert-OH is 1. The van der Waals surface area contributed by atoms with Crippen LogP contribution in [0.15, 0.2) is 12.1 Å². The fraction of sp³-hybridized carbons (Fsp3) is 0.250. The molecule has 1 aromatic rings. The molecule has 1 rings (SSSR count). The molecule has 17 heavy (non-hydrogen) atoms. The van der Waals surface area contributed by atoms with E-state index < -0.39 is 21.2 Å². The molecular formula is C8H8ClN3O5. The number of rotatable bonds is 5. The SMILES string of the molecule is O=[N+]([O-])c1cc(Cl)cc([N+](=O)[O-])c1NCCO. The number of nitrogens with one attached hydrogen (secondary N) is 1. The second kappa shape index (κ2) is 5.41. The van der Waals surface area contributed by atoms with Gasteiger partial charge in [0, 0.05) is 18.7 Å². The fourth-order valence-electron chi connectivity index (χ4n) is 1.23. The van der Waals surface area contributed by atoms with Crippen LogP contribution in [0, 0.1) is 20.2 Å². The molecule has 2 N–H and O–H groups in total. The predicted octanol–water partition coefficient (Wildman–Crippen LogP) is 1.56. The van der Waals surface area contributed by atoms with Crippen LogP contribution in [-0.2, 0) is 0 Å². The molecule has 0 aliphatic rings. The minimum absolute atomic E-state index is 0.0384. The van der Waals surface area contributed by atoms with Crippen molar-refractivity contribution in [2.24, 2.45) is 0 Å². The zero-order valence-electron chi connectivity index (χ0n) is 8.42. The summed E-state index contributed by atoms with van der Waals surface area (Å²) in [5, 5.41) is 32.4. The van der Waals surface area contributed by atoms with Gasteiger partial charge >= 0.3 is 11.4 Å². The summed E-state index contributed by atoms with van der Waals surface area (Å²) in [7, 11) is 0. The number of benzene rings is 1. The van der Waals surface area contributed by atoms with Gasteiger partial charge in [-0.2, -0.15) is 0 Å². The summed E-state index contributed by atoms with van der Waals surface area (Å²) in [4.78, 5) is 19.9. The molecule has 8 nitrogen and oxygen atoms in total. The Kier molecular flexibility index (Phi) is 4.18. The largest absolute Gasteiger partial charge is 0.395 e. The molecule has 0 aliphatic carbocycles. The molecule has 0 unspecified atom stereocenters. The second-order valence-electron chi connectivity index (χ2n) is 2.98. The number of nitro groups is 2. The van der Waals surface area contributed by atoms with E-state index in [1.54, 1.807) is 0 Å². The first-order chi connectivity index (χ1) is 7.97. The Labute approximate surface area is 100 Å². The normalized spacial score (nSPS) is 10.0. The lowest BCUT2D eigenvalue weighted by Gasteiger charge is -2.06. The number of hydrogen-bond donors (Lipinski definition) is 2. The standard InChI is InChI=1S/C8H8ClN3O5/c9-5-3-6(11(14)15)8(10-1-2-13)7(4-5)12(16)17/h3-4,10,13H,1-2H2. The Hall–Kier alpha value is -1.93. The maximum Gasteiger partial charge on any atom is 0.300 e. The lowest BCUT2D eigenvalue weighted by molar-refractivity contribution is -0.392. The van der Waals surface area contributed by atoms with Gasteiger partial charge in [-0.25, -0.2) is 0 Å². The molecule has 0 saturated carbocycles. The number of hydrogen-bond acceptors (Lipinski definition) is 6. The van der Waals surface area contributed by atoms with E-state index in [1.165, 1.54) is 0 Å². The number of nitrogens with zero attached hydrogens (tertiary/aromatic N) is 2. The Morgan fingerprint density at radius 3 is 2.06 bits per heavy atom. The quantitative estimate of drug-likeness (QED) is 0.613. The molecular weight excluding hydrogens is 254 g/mol. The van der Waals surface area contributed by atoms with E-state index in [2.05, 4.69) is 5.32 Å². The lowest BCUT2D eigenvalue weighted by Crippen LogP contribution is -2.09. The highest BCUT2D eigenvalue weighted by atomic mass is 35.5. The number of halogens is 1. The van der Waals surface area contributed by atoms with Crippen LogP contribution in [0.1, 0.15) is 0 Å². The van der Waals surface area contributed by atoms with Gasteiger partial charge in [0.05, 0.1) is 21.5 Å². The van der Waals surface area contributed by atoms with Crippen molar-refractivity contribution < 1.29 is 15.0 Å². The van der Waals surface area contributed by atoms with Crippen LogP contribution < -0.4 is 5.32 Å². The van der Waals surface area contributed by atoms with Crippen molar-refractivity contribution in [3.63, 3.8) is 0 Å². The van der Waals surface area contributed by atoms with Gasteiger partial charge in [-0.15, -0.1) is 0 Å². The van der Waals surface area contributed by atoms with E-state index >= 15 is 0 Å². The molecule has 0 amide bonds. The molecule has 1 aromatic carbocycles. The summed E-state index contributed by atoms with van der Waals surface area (Å²) in [5.41, 5.74) is -1.27. The number of anilines is 1. The molecule has 0 saturated heterocycles. The van der Waals surface area contributed by atoms with Crippen molar-refractivity contribution in [1.29, 1.82) is 0 Å². The number of aliphatic hydroxyl groups is 1. The summed E-state index contributed by atoms with van der Waals surface area (Å²) in [6.45, 7) is -0.347. The first-order valence-electron chi connectivity index (χ1n) is 4.44. The second-order valence-corrected chi connectivity index (χ2v) is 3.42. The van der Waals surface area contributed by atoms with Gasteiger partial charge in [0.15, 0.2) is 5.69 Å². The fourth-order valence-corrected chi connectivity index (χ4v) is 1.44. The zero-order valence-corrected chi connectivity index (χ0v) is 9.18. The van der Waals surface area contributed by atoms with Gasteiger partial charge < -0.3 is 10.4 Å². The smallest absolute Gasteiger partial charge is 0.300 e. The molecule has 9 heteroatoms. The van der Waals surface area contributed by atoms with Crippen LogP contribution in [0.4, 0.5) is 17.1 Å². The van der Waals surface area contributed by atoms with Crippen LogP contribution in [0.2, 0.25) is 5.02 Å². The molecule has 0 bridgehead atoms. The highest BCUT2D eigenvalue weighted by molar-refractivity contribution is 6.31. The van der Waals surface area contributed by atoms with E-state index in [-0.39, 0.29) is 23.9 Å². The summed E-state index contributed by atoms with van der Waals surface area (Å²) in [6, 6.07) is 2.02. The number of nitro benzene ring substituents is 2. The average molecular weight is 262 g/mol. The minimum atomic E-state index is -0.779. The average Bonchev–Trinajstić information content (AvgIpc) is 2.26. The Bertz CT molecular complexity index is 429. The van der Waals surface area contributed by atoms with Crippen LogP contribution >= 0.6 is 11.6 Å². The van der Waals surface area contributed by atoms with E-state index in [9.17, 15) is 20.2 Å². The van der Waals surface area contributed by atoms with Crippen molar-refractivity contribution in [3.8, 4) is 0 Å². The van der Waals surface area contributed by atoms with Crippen molar-refractivity contribution in [2.45, 2.75) is 0 Å². The third-order valence-corrected chi connectivity index (χ3v) is 2.09. The first kappa shape index (κ1) is 13.1. The lowest BCUT2D eigenvalue weighted by atomic mass is 10.2. The summed E-state index contributed by atoms with van der Waals surface area (Å²) in [5.74, 6) is 0. The highest BCUT2D eigenvalue weighted by Crippen LogP contribution is 2.37. The highest BCUT2D eigenvalue weighted by Gasteiger charge is 2.26. The van der Waals surface area contributed by atoms with Gasteiger partial charge in [-0.05, 0) is 0 Å². The molecule has 0 heterocycles. The van der Waals surface area contributed by atoms with E-state index in [1.807, 2.05) is 0 Å². The topological polar surface area (TPSA) is 119 Å². The van der Waals surface area contributed by atoms with Crippen molar-refractivity contribution >= 4 is 28.7 Å². The summed E-state index contributed by atoms with van der Waals surface area (Å²) in [6.07, 6.45) is 0. The maximum atomic E-state index is 10.7. The molecule has 0 spiro atoms. The minimum Gasteiger partial charge on any atom is -0.395 e. The maximum absolute atomic E-state index is 10.7. The van der Waals surface area contributed by atoms with E-state index in [0.717, 1.165) is 12.1 Å². The van der Waals surface area contributed by atoms with Crippen LogP contribution in [0.25, 0.3) is 0 Å². The van der Waals surface area contributed by atoms with Gasteiger partial charge in [-0.1, -0.05) is 11.6 Å². The van der Waals surface area contributed by atoms with Crippen LogP contribution in [0.3, 0.4) is 0 Å². The van der Waals surface area contributed by atoms with Crippen molar-refractivity contribution in [1.82, 2.24) is 0 Å². The predicted molar refractivity (Wildman–Crippen MR) is 60.3 cm³/mol.